The van der Waals surface area contributed by atoms with E-state index in [9.17, 15) is 5.26 Å². The van der Waals surface area contributed by atoms with Crippen LogP contribution in [-0.2, 0) is 6.42 Å². The predicted molar refractivity (Wildman–Crippen MR) is 149 cm³/mol. The molecule has 4 fully saturated rings. The number of pyridine rings is 1. The minimum Gasteiger partial charge on any atom is -0.242 e. The highest BCUT2D eigenvalue weighted by Crippen LogP contribution is 2.66. The topological polar surface area (TPSA) is 36.7 Å². The predicted octanol–water partition coefficient (Wildman–Crippen LogP) is 9.30. The standard InChI is InChI=1S/C34H52N2/c1-6-7-8-17-33(4)18-15-27-26(21-33)11-12-29-28(27)16-19-34(5)30(13-14-31(29)34)23(2)20-25-10-9-24(3)36-32(25)22-35/h9-10,23,26-31H,6-8,11-21H2,1-5H3/t23-,26-,27+,28-,29-,30-,31?,33+,34-/m1/s1. The molecule has 0 spiro atoms. The quantitative estimate of drug-likeness (QED) is 0.358. The van der Waals surface area contributed by atoms with Gasteiger partial charge in [0.25, 0.3) is 0 Å². The van der Waals surface area contributed by atoms with Gasteiger partial charge in [0, 0.05) is 5.69 Å². The zero-order valence-corrected chi connectivity index (χ0v) is 24.0. The summed E-state index contributed by atoms with van der Waals surface area (Å²) in [5, 5.41) is 9.66. The number of unbranched alkanes of at least 4 members (excludes halogenated alkanes) is 2. The van der Waals surface area contributed by atoms with E-state index in [0.717, 1.165) is 47.6 Å². The second kappa shape index (κ2) is 10.4. The van der Waals surface area contributed by atoms with Gasteiger partial charge in [0.05, 0.1) is 0 Å². The number of rotatable bonds is 7. The van der Waals surface area contributed by atoms with Crippen molar-refractivity contribution in [1.82, 2.24) is 4.98 Å². The van der Waals surface area contributed by atoms with Crippen molar-refractivity contribution in [3.8, 4) is 6.07 Å². The van der Waals surface area contributed by atoms with E-state index < -0.39 is 0 Å². The molecule has 198 valence electrons. The summed E-state index contributed by atoms with van der Waals surface area (Å²) in [6.07, 6.45) is 20.1. The van der Waals surface area contributed by atoms with Gasteiger partial charge in [-0.3, -0.25) is 0 Å². The normalized spacial score (nSPS) is 40.6. The maximum atomic E-state index is 9.66. The van der Waals surface area contributed by atoms with Gasteiger partial charge in [-0.25, -0.2) is 4.98 Å². The lowest BCUT2D eigenvalue weighted by Crippen LogP contribution is -2.50. The van der Waals surface area contributed by atoms with Crippen molar-refractivity contribution < 1.29 is 0 Å². The molecule has 4 aliphatic rings. The Morgan fingerprint density at radius 3 is 2.58 bits per heavy atom. The molecule has 2 nitrogen and oxygen atoms in total. The number of hydrogen-bond acceptors (Lipinski definition) is 2. The Bertz CT molecular complexity index is 960. The van der Waals surface area contributed by atoms with E-state index in [-0.39, 0.29) is 0 Å². The summed E-state index contributed by atoms with van der Waals surface area (Å²) >= 11 is 0. The van der Waals surface area contributed by atoms with Crippen molar-refractivity contribution in [1.29, 1.82) is 5.26 Å². The summed E-state index contributed by atoms with van der Waals surface area (Å²) in [6, 6.07) is 6.63. The van der Waals surface area contributed by atoms with Crippen LogP contribution in [0.5, 0.6) is 0 Å². The largest absolute Gasteiger partial charge is 0.242 e. The number of aryl methyl sites for hydroxylation is 1. The Kier molecular flexibility index (Phi) is 7.60. The number of hydrogen-bond donors (Lipinski definition) is 0. The van der Waals surface area contributed by atoms with Gasteiger partial charge < -0.3 is 0 Å². The first-order valence-electron chi connectivity index (χ1n) is 15.6. The molecule has 0 radical (unpaired) electrons. The van der Waals surface area contributed by atoms with Crippen molar-refractivity contribution in [2.75, 3.05) is 0 Å². The molecular weight excluding hydrogens is 436 g/mol. The van der Waals surface area contributed by atoms with Gasteiger partial charge in [0.1, 0.15) is 11.8 Å². The highest BCUT2D eigenvalue weighted by molar-refractivity contribution is 5.33. The van der Waals surface area contributed by atoms with Crippen LogP contribution in [0.1, 0.15) is 128 Å². The first kappa shape index (κ1) is 26.3. The van der Waals surface area contributed by atoms with Gasteiger partial charge in [-0.15, -0.1) is 0 Å². The van der Waals surface area contributed by atoms with Gasteiger partial charge in [0.15, 0.2) is 0 Å². The minimum atomic E-state index is 0.502. The molecule has 0 bridgehead atoms. The van der Waals surface area contributed by atoms with Crippen LogP contribution in [0.15, 0.2) is 12.1 Å². The second-order valence-electron chi connectivity index (χ2n) is 14.4. The molecular formula is C34H52N2. The monoisotopic (exact) mass is 488 g/mol. The molecule has 4 aliphatic carbocycles. The highest BCUT2D eigenvalue weighted by atomic mass is 14.7. The lowest BCUT2D eigenvalue weighted by molar-refractivity contribution is -0.0836. The van der Waals surface area contributed by atoms with Gasteiger partial charge in [-0.2, -0.15) is 5.26 Å². The lowest BCUT2D eigenvalue weighted by atomic mass is 9.47. The minimum absolute atomic E-state index is 0.502. The molecule has 0 amide bonds. The third-order valence-electron chi connectivity index (χ3n) is 12.3. The van der Waals surface area contributed by atoms with Crippen LogP contribution >= 0.6 is 0 Å². The van der Waals surface area contributed by atoms with Gasteiger partial charge in [-0.1, -0.05) is 53.0 Å². The van der Waals surface area contributed by atoms with Crippen molar-refractivity contribution in [3.05, 3.63) is 29.1 Å². The average Bonchev–Trinajstić information content (AvgIpc) is 3.22. The molecule has 0 aliphatic heterocycles. The maximum Gasteiger partial charge on any atom is 0.143 e. The van der Waals surface area contributed by atoms with E-state index in [1.54, 1.807) is 0 Å². The molecule has 0 saturated heterocycles. The molecule has 2 heteroatoms. The summed E-state index contributed by atoms with van der Waals surface area (Å²) < 4.78 is 0. The van der Waals surface area contributed by atoms with Gasteiger partial charge >= 0.3 is 0 Å². The fraction of sp³-hybridized carbons (Fsp3) is 0.824. The molecule has 1 aromatic heterocycles. The van der Waals surface area contributed by atoms with Crippen LogP contribution < -0.4 is 0 Å². The summed E-state index contributed by atoms with van der Waals surface area (Å²) in [5.41, 5.74) is 3.91. The summed E-state index contributed by atoms with van der Waals surface area (Å²) in [4.78, 5) is 4.53. The van der Waals surface area contributed by atoms with Crippen LogP contribution in [0.2, 0.25) is 0 Å². The molecule has 36 heavy (non-hydrogen) atoms. The van der Waals surface area contributed by atoms with E-state index in [1.807, 2.05) is 6.92 Å². The Labute approximate surface area is 222 Å². The average molecular weight is 489 g/mol. The van der Waals surface area contributed by atoms with Crippen molar-refractivity contribution in [2.24, 2.45) is 52.3 Å². The zero-order chi connectivity index (χ0) is 25.5. The van der Waals surface area contributed by atoms with E-state index in [2.05, 4.69) is 50.9 Å². The van der Waals surface area contributed by atoms with Crippen LogP contribution in [-0.4, -0.2) is 4.98 Å². The molecule has 0 N–H and O–H groups in total. The first-order chi connectivity index (χ1) is 17.3. The molecule has 9 atom stereocenters. The summed E-state index contributed by atoms with van der Waals surface area (Å²) in [7, 11) is 0. The van der Waals surface area contributed by atoms with Crippen LogP contribution in [0.3, 0.4) is 0 Å². The first-order valence-corrected chi connectivity index (χ1v) is 15.6. The van der Waals surface area contributed by atoms with Gasteiger partial charge in [-0.05, 0) is 141 Å². The smallest absolute Gasteiger partial charge is 0.143 e. The number of fused-ring (bicyclic) bond motifs is 5. The second-order valence-corrected chi connectivity index (χ2v) is 14.4. The Morgan fingerprint density at radius 1 is 1.00 bits per heavy atom. The molecule has 1 unspecified atom stereocenters. The molecule has 1 aromatic rings. The number of aromatic nitrogens is 1. The van der Waals surface area contributed by atoms with Crippen LogP contribution in [0.25, 0.3) is 0 Å². The number of nitrogens with zero attached hydrogens (tertiary/aromatic N) is 2. The van der Waals surface area contributed by atoms with E-state index >= 15 is 0 Å². The lowest BCUT2D eigenvalue weighted by Gasteiger charge is -2.58. The molecule has 5 rings (SSSR count). The fourth-order valence-corrected chi connectivity index (χ4v) is 10.5. The Hall–Kier alpha value is -1.36. The van der Waals surface area contributed by atoms with Gasteiger partial charge in [0.2, 0.25) is 0 Å². The summed E-state index contributed by atoms with van der Waals surface area (Å²) in [5.74, 6) is 6.41. The number of nitriles is 1. The Morgan fingerprint density at radius 2 is 1.81 bits per heavy atom. The van der Waals surface area contributed by atoms with Crippen molar-refractivity contribution >= 4 is 0 Å². The Balaban J connectivity index is 1.25. The SMILES string of the molecule is CCCCC[C@@]1(C)CC[C@H]2[C@H](CC[C@H]3C4CC[C@H]([C@H](C)Cc5ccc(C)nc5C#N)[C@@]4(C)CC[C@H]23)C1. The highest BCUT2D eigenvalue weighted by Gasteiger charge is 2.58. The van der Waals surface area contributed by atoms with E-state index in [0.29, 0.717) is 22.4 Å². The van der Waals surface area contributed by atoms with Crippen LogP contribution in [0.4, 0.5) is 0 Å². The third kappa shape index (κ3) is 4.78. The zero-order valence-electron chi connectivity index (χ0n) is 24.0. The van der Waals surface area contributed by atoms with E-state index in [4.69, 9.17) is 0 Å². The molecule has 4 saturated carbocycles. The molecule has 0 aromatic carbocycles. The maximum absolute atomic E-state index is 9.66. The fourth-order valence-electron chi connectivity index (χ4n) is 10.5. The third-order valence-corrected chi connectivity index (χ3v) is 12.3. The van der Waals surface area contributed by atoms with Crippen molar-refractivity contribution in [2.45, 2.75) is 125 Å². The summed E-state index contributed by atoms with van der Waals surface area (Å²) in [6.45, 7) is 12.1. The molecule has 1 heterocycles. The van der Waals surface area contributed by atoms with Crippen LogP contribution in [0, 0.1) is 70.5 Å². The van der Waals surface area contributed by atoms with Crippen molar-refractivity contribution in [3.63, 3.8) is 0 Å². The van der Waals surface area contributed by atoms with E-state index in [1.165, 1.54) is 89.0 Å².